The van der Waals surface area contributed by atoms with Crippen molar-refractivity contribution in [1.82, 2.24) is 4.90 Å². The lowest BCUT2D eigenvalue weighted by atomic mass is 9.92. The maximum atomic E-state index is 11.8. The van der Waals surface area contributed by atoms with Crippen LogP contribution in [-0.4, -0.2) is 40.3 Å². The Hall–Kier alpha value is -2.17. The largest absolute Gasteiger partial charge is 0.394 e. The minimum absolute atomic E-state index is 0.125. The van der Waals surface area contributed by atoms with E-state index in [2.05, 4.69) is 13.2 Å². The summed E-state index contributed by atoms with van der Waals surface area (Å²) in [4.78, 5) is 13.6. The summed E-state index contributed by atoms with van der Waals surface area (Å²) in [5.41, 5.74) is 2.09. The Balaban J connectivity index is -0.000000266. The van der Waals surface area contributed by atoms with Gasteiger partial charge in [-0.2, -0.15) is 0 Å². The Morgan fingerprint density at radius 3 is 1.83 bits per heavy atom. The zero-order chi connectivity index (χ0) is 23.7. The first-order chi connectivity index (χ1) is 14.1. The van der Waals surface area contributed by atoms with Crippen molar-refractivity contribution < 1.29 is 15.0 Å². The lowest BCUT2D eigenvalue weighted by molar-refractivity contribution is -0.140. The van der Waals surface area contributed by atoms with Crippen molar-refractivity contribution >= 4 is 5.91 Å². The van der Waals surface area contributed by atoms with Crippen molar-refractivity contribution in [2.24, 2.45) is 0 Å². The zero-order valence-electron chi connectivity index (χ0n) is 20.0. The van der Waals surface area contributed by atoms with Gasteiger partial charge in [-0.3, -0.25) is 4.79 Å². The van der Waals surface area contributed by atoms with Gasteiger partial charge in [0.15, 0.2) is 0 Å². The van der Waals surface area contributed by atoms with E-state index in [1.54, 1.807) is 12.2 Å². The highest BCUT2D eigenvalue weighted by Crippen LogP contribution is 2.30. The predicted octanol–water partition coefficient (Wildman–Crippen LogP) is 5.97. The fraction of sp³-hybridized carbons (Fsp3) is 0.480. The van der Waals surface area contributed by atoms with Gasteiger partial charge in [0.1, 0.15) is 0 Å². The molecule has 2 N–H and O–H groups in total. The second-order valence-corrected chi connectivity index (χ2v) is 4.74. The second-order valence-electron chi connectivity index (χ2n) is 4.74. The van der Waals surface area contributed by atoms with E-state index in [-0.39, 0.29) is 25.2 Å². The molecule has 1 atom stereocenters. The van der Waals surface area contributed by atoms with Gasteiger partial charge in [-0.1, -0.05) is 97.2 Å². The summed E-state index contributed by atoms with van der Waals surface area (Å²) >= 11 is 0. The fourth-order valence-corrected chi connectivity index (χ4v) is 2.06. The second kappa shape index (κ2) is 28.0. The number of carbonyl (C=O) groups excluding carboxylic acids is 1. The van der Waals surface area contributed by atoms with Crippen molar-refractivity contribution in [3.63, 3.8) is 0 Å². The number of carbonyl (C=O) groups is 1. The van der Waals surface area contributed by atoms with Crippen LogP contribution in [0.15, 0.2) is 73.0 Å². The molecule has 1 unspecified atom stereocenters. The smallest absolute Gasteiger partial charge is 0.229 e. The number of amides is 1. The average Bonchev–Trinajstić information content (AvgIpc) is 2.77. The van der Waals surface area contributed by atoms with Gasteiger partial charge in [0.05, 0.1) is 25.7 Å². The molecule has 0 aromatic rings. The molecule has 1 heterocycles. The molecular weight excluding hydrogens is 362 g/mol. The number of likely N-dealkylation sites (tertiary alicyclic amines) is 1. The van der Waals surface area contributed by atoms with E-state index in [1.807, 2.05) is 96.7 Å². The topological polar surface area (TPSA) is 60.8 Å². The number of rotatable bonds is 7. The van der Waals surface area contributed by atoms with E-state index < -0.39 is 0 Å². The molecule has 0 radical (unpaired) electrons. The van der Waals surface area contributed by atoms with E-state index >= 15 is 0 Å². The molecule has 0 saturated carbocycles. The highest BCUT2D eigenvalue weighted by molar-refractivity contribution is 5.86. The number of allylic oxidation sites excluding steroid dienone is 8. The molecule has 4 nitrogen and oxygen atoms in total. The maximum Gasteiger partial charge on any atom is 0.229 e. The third-order valence-corrected chi connectivity index (χ3v) is 3.16. The van der Waals surface area contributed by atoms with Crippen molar-refractivity contribution in [2.75, 3.05) is 13.2 Å². The molecule has 0 aromatic carbocycles. The minimum Gasteiger partial charge on any atom is -0.394 e. The van der Waals surface area contributed by atoms with Crippen LogP contribution in [0.1, 0.15) is 61.8 Å². The molecule has 0 aromatic heterocycles. The summed E-state index contributed by atoms with van der Waals surface area (Å²) < 4.78 is 0. The Morgan fingerprint density at radius 1 is 1.00 bits per heavy atom. The molecule has 1 amide bonds. The number of aliphatic hydroxyl groups is 2. The first-order valence-electron chi connectivity index (χ1n) is 10.5. The number of hydrogen-bond donors (Lipinski definition) is 2. The Morgan fingerprint density at radius 2 is 1.48 bits per heavy atom. The van der Waals surface area contributed by atoms with Gasteiger partial charge < -0.3 is 15.1 Å². The van der Waals surface area contributed by atoms with Gasteiger partial charge in [0, 0.05) is 5.70 Å². The molecule has 168 valence electrons. The van der Waals surface area contributed by atoms with E-state index in [4.69, 9.17) is 10.2 Å². The van der Waals surface area contributed by atoms with Crippen LogP contribution in [-0.2, 0) is 4.79 Å². The summed E-state index contributed by atoms with van der Waals surface area (Å²) in [6, 6.07) is 0.141. The summed E-state index contributed by atoms with van der Waals surface area (Å²) in [5, 5.41) is 15.2. The number of nitrogens with zero attached hydrogens (tertiary/aromatic N) is 1. The van der Waals surface area contributed by atoms with Gasteiger partial charge in [-0.25, -0.2) is 0 Å². The third kappa shape index (κ3) is 16.5. The van der Waals surface area contributed by atoms with Crippen LogP contribution in [0.3, 0.4) is 0 Å². The lowest BCUT2D eigenvalue weighted by Gasteiger charge is -2.41. The first-order valence-corrected chi connectivity index (χ1v) is 10.5. The quantitative estimate of drug-likeness (QED) is 0.403. The van der Waals surface area contributed by atoms with Crippen LogP contribution in [0, 0.1) is 0 Å². The lowest BCUT2D eigenvalue weighted by Crippen LogP contribution is -2.51. The Kier molecular flexibility index (Phi) is 33.2. The molecule has 0 bridgehead atoms. The predicted molar refractivity (Wildman–Crippen MR) is 130 cm³/mol. The van der Waals surface area contributed by atoms with Crippen LogP contribution in [0.4, 0.5) is 0 Å². The highest BCUT2D eigenvalue weighted by Gasteiger charge is 2.38. The van der Waals surface area contributed by atoms with E-state index in [0.29, 0.717) is 6.42 Å². The van der Waals surface area contributed by atoms with Crippen molar-refractivity contribution in [3.05, 3.63) is 73.0 Å². The molecule has 0 spiro atoms. The molecule has 4 heteroatoms. The van der Waals surface area contributed by atoms with E-state index in [9.17, 15) is 4.79 Å². The molecule has 29 heavy (non-hydrogen) atoms. The summed E-state index contributed by atoms with van der Waals surface area (Å²) in [5.74, 6) is 0.164. The standard InChI is InChI=1S/C17H21NO.C2H6O2.3C2H6/c1-5-8-10-11-14(4)18-16(13-17(18)19)15(7-3)12-9-6-2;3-1-2-4;3*1-2/h5-12,16H,1-2,13H2,3-4H3;3-4H,1-2H2;3*1-2H3/b10-8-,12-9-,14-11+,15-7+;;;;. The van der Waals surface area contributed by atoms with Crippen LogP contribution in [0.5, 0.6) is 0 Å². The van der Waals surface area contributed by atoms with Gasteiger partial charge >= 0.3 is 0 Å². The maximum absolute atomic E-state index is 11.8. The summed E-state index contributed by atoms with van der Waals surface area (Å²) in [7, 11) is 0. The number of hydrogen-bond acceptors (Lipinski definition) is 3. The molecule has 1 fully saturated rings. The van der Waals surface area contributed by atoms with Gasteiger partial charge in [0.25, 0.3) is 0 Å². The van der Waals surface area contributed by atoms with Crippen molar-refractivity contribution in [2.45, 2.75) is 67.9 Å². The minimum atomic E-state index is -0.125. The molecule has 1 rings (SSSR count). The van der Waals surface area contributed by atoms with Crippen LogP contribution in [0.25, 0.3) is 0 Å². The van der Waals surface area contributed by atoms with Crippen LogP contribution in [0.2, 0.25) is 0 Å². The van der Waals surface area contributed by atoms with Crippen molar-refractivity contribution in [3.8, 4) is 0 Å². The molecular formula is C25H45NO3. The fourth-order valence-electron chi connectivity index (χ4n) is 2.06. The molecule has 1 aliphatic rings. The highest BCUT2D eigenvalue weighted by atomic mass is 16.3. The van der Waals surface area contributed by atoms with Gasteiger partial charge in [0.2, 0.25) is 5.91 Å². The number of β-lactam (4-membered cyclic amide) rings is 1. The molecule has 0 aliphatic carbocycles. The number of aliphatic hydroxyl groups excluding tert-OH is 2. The molecule has 1 saturated heterocycles. The SMILES string of the molecule is C=C/C=C\C=C(/C)N1C(=O)CC1C(/C=C\C=C)=C/C.CC.CC.CC.OCCO. The van der Waals surface area contributed by atoms with Crippen molar-refractivity contribution in [1.29, 1.82) is 0 Å². The molecule has 1 aliphatic heterocycles. The van der Waals surface area contributed by atoms with Gasteiger partial charge in [-0.15, -0.1) is 0 Å². The third-order valence-electron chi connectivity index (χ3n) is 3.16. The van der Waals surface area contributed by atoms with Crippen LogP contribution < -0.4 is 0 Å². The van der Waals surface area contributed by atoms with E-state index in [1.165, 1.54) is 0 Å². The average molecular weight is 408 g/mol. The summed E-state index contributed by atoms with van der Waals surface area (Å²) in [6.45, 7) is 23.0. The normalized spacial score (nSPS) is 15.4. The zero-order valence-corrected chi connectivity index (χ0v) is 20.0. The monoisotopic (exact) mass is 407 g/mol. The first kappa shape index (κ1) is 34.3. The van der Waals surface area contributed by atoms with E-state index in [0.717, 1.165) is 11.3 Å². The van der Waals surface area contributed by atoms with Crippen LogP contribution >= 0.6 is 0 Å². The van der Waals surface area contributed by atoms with Gasteiger partial charge in [-0.05, 0) is 25.5 Å². The summed E-state index contributed by atoms with van der Waals surface area (Å²) in [6.07, 6.45) is 15.6. The Labute approximate surface area is 180 Å². The Bertz CT molecular complexity index is 512.